The summed E-state index contributed by atoms with van der Waals surface area (Å²) < 4.78 is 30.2. The molecule has 0 saturated heterocycles. The van der Waals surface area contributed by atoms with E-state index >= 15 is 0 Å². The Morgan fingerprint density at radius 2 is 0.970 bits per heavy atom. The summed E-state index contributed by atoms with van der Waals surface area (Å²) in [5.74, 6) is -0.551. The normalized spacial score (nSPS) is 14.2. The Balaban J connectivity index is 5.37. The van der Waals surface area contributed by atoms with Crippen LogP contribution in [0.1, 0.15) is 245 Å². The molecule has 0 aromatic heterocycles. The molecule has 0 heterocycles. The molecular weight excluding hydrogens is 844 g/mol. The Kier molecular flexibility index (Phi) is 45.3. The van der Waals surface area contributed by atoms with Gasteiger partial charge in [0.2, 0.25) is 5.91 Å². The minimum Gasteiger partial charge on any atom is -0.756 e. The number of amides is 1. The number of allylic oxidation sites excluding steroid dienone is 7. The van der Waals surface area contributed by atoms with Crippen LogP contribution < -0.4 is 10.2 Å². The number of ether oxygens (including phenoxy) is 1. The average molecular weight is 949 g/mol. The van der Waals surface area contributed by atoms with Crippen molar-refractivity contribution in [2.45, 2.75) is 258 Å². The van der Waals surface area contributed by atoms with Gasteiger partial charge in [-0.25, -0.2) is 0 Å². The van der Waals surface area contributed by atoms with Crippen LogP contribution in [0.2, 0.25) is 0 Å². The van der Waals surface area contributed by atoms with Gasteiger partial charge in [0.15, 0.2) is 0 Å². The Morgan fingerprint density at radius 3 is 1.44 bits per heavy atom. The first kappa shape index (κ1) is 64.0. The van der Waals surface area contributed by atoms with Crippen molar-refractivity contribution in [2.75, 3.05) is 40.9 Å². The smallest absolute Gasteiger partial charge is 0.306 e. The van der Waals surface area contributed by atoms with Gasteiger partial charge in [-0.2, -0.15) is 0 Å². The van der Waals surface area contributed by atoms with Gasteiger partial charge in [-0.05, 0) is 51.0 Å². The van der Waals surface area contributed by atoms with Gasteiger partial charge >= 0.3 is 5.97 Å². The van der Waals surface area contributed by atoms with Gasteiger partial charge in [0.1, 0.15) is 19.3 Å². The molecule has 0 radical (unpaired) electrons. The summed E-state index contributed by atoms with van der Waals surface area (Å²) in [5, 5.41) is 3.01. The summed E-state index contributed by atoms with van der Waals surface area (Å²) in [6, 6.07) is -0.888. The van der Waals surface area contributed by atoms with Crippen LogP contribution in [0.3, 0.4) is 0 Å². The first-order chi connectivity index (χ1) is 31.9. The van der Waals surface area contributed by atoms with Gasteiger partial charge in [0.05, 0.1) is 33.8 Å². The van der Waals surface area contributed by atoms with E-state index in [1.54, 1.807) is 0 Å². The van der Waals surface area contributed by atoms with Crippen LogP contribution in [0, 0.1) is 0 Å². The Hall–Kier alpha value is -2.03. The van der Waals surface area contributed by atoms with E-state index in [-0.39, 0.29) is 24.9 Å². The van der Waals surface area contributed by atoms with Crippen LogP contribution in [0.15, 0.2) is 48.6 Å². The highest BCUT2D eigenvalue weighted by Crippen LogP contribution is 2.38. The molecule has 9 nitrogen and oxygen atoms in total. The average Bonchev–Trinajstić information content (AvgIpc) is 3.27. The number of phosphoric ester groups is 1. The maximum Gasteiger partial charge on any atom is 0.306 e. The fraction of sp³-hybridized carbons (Fsp3) is 0.821. The van der Waals surface area contributed by atoms with E-state index in [1.165, 1.54) is 135 Å². The molecule has 0 bridgehead atoms. The predicted octanol–water partition coefficient (Wildman–Crippen LogP) is 15.5. The van der Waals surface area contributed by atoms with Crippen molar-refractivity contribution in [3.8, 4) is 0 Å². The lowest BCUT2D eigenvalue weighted by atomic mass is 10.0. The molecule has 0 rings (SSSR count). The Labute approximate surface area is 408 Å². The zero-order chi connectivity index (χ0) is 48.7. The van der Waals surface area contributed by atoms with Crippen LogP contribution >= 0.6 is 7.82 Å². The second kappa shape index (κ2) is 46.7. The van der Waals surface area contributed by atoms with Crippen LogP contribution in [-0.4, -0.2) is 69.4 Å². The molecular formula is C56H105N2O7P. The summed E-state index contributed by atoms with van der Waals surface area (Å²) in [4.78, 5) is 39.7. The topological polar surface area (TPSA) is 114 Å². The second-order valence-corrected chi connectivity index (χ2v) is 21.2. The zero-order valence-corrected chi connectivity index (χ0v) is 44.8. The summed E-state index contributed by atoms with van der Waals surface area (Å²) in [6.45, 7) is 6.70. The lowest BCUT2D eigenvalue weighted by molar-refractivity contribution is -0.870. The van der Waals surface area contributed by atoms with E-state index in [4.69, 9.17) is 13.8 Å². The third-order valence-electron chi connectivity index (χ3n) is 12.1. The summed E-state index contributed by atoms with van der Waals surface area (Å²) in [7, 11) is 1.18. The standard InChI is InChI=1S/C56H105N2O7P/c1-7-10-13-16-19-22-25-27-29-31-34-37-40-43-46-49-56(60)65-54(47-44-41-38-35-32-24-21-18-15-12-9-3)53(52-64-66(61,62)63-51-50-58(4,5)6)57-55(59)48-45-42-39-36-33-30-28-26-23-20-17-14-11-8-2/h10,13,16,19,22,25,44,47,53-54H,7-9,11-12,14-15,17-18,20-21,23-24,26-43,45-46,48-52H2,1-6H3,(H-,57,59,61,62)/b13-10+,19-16+,25-22+,47-44+. The van der Waals surface area contributed by atoms with Crippen molar-refractivity contribution in [3.63, 3.8) is 0 Å². The van der Waals surface area contributed by atoms with Crippen LogP contribution in [0.5, 0.6) is 0 Å². The van der Waals surface area contributed by atoms with Gasteiger partial charge < -0.3 is 28.5 Å². The second-order valence-electron chi connectivity index (χ2n) is 19.8. The molecule has 3 atom stereocenters. The third-order valence-corrected chi connectivity index (χ3v) is 13.0. The highest BCUT2D eigenvalue weighted by Gasteiger charge is 2.27. The Bertz CT molecular complexity index is 1280. The third kappa shape index (κ3) is 47.1. The van der Waals surface area contributed by atoms with Crippen molar-refractivity contribution >= 4 is 19.7 Å². The fourth-order valence-corrected chi connectivity index (χ4v) is 8.54. The molecule has 1 amide bonds. The zero-order valence-electron chi connectivity index (χ0n) is 43.9. The molecule has 0 aliphatic heterocycles. The van der Waals surface area contributed by atoms with Crippen molar-refractivity contribution in [1.29, 1.82) is 0 Å². The number of unbranched alkanes of at least 4 members (excludes halogenated alkanes) is 29. The van der Waals surface area contributed by atoms with Crippen molar-refractivity contribution in [2.24, 2.45) is 0 Å². The number of hydrogen-bond donors (Lipinski definition) is 1. The molecule has 10 heteroatoms. The molecule has 386 valence electrons. The molecule has 0 aliphatic carbocycles. The van der Waals surface area contributed by atoms with Gasteiger partial charge in [-0.3, -0.25) is 14.2 Å². The maximum absolute atomic E-state index is 13.4. The molecule has 0 spiro atoms. The summed E-state index contributed by atoms with van der Waals surface area (Å²) in [6.07, 6.45) is 55.0. The van der Waals surface area contributed by atoms with E-state index in [9.17, 15) is 19.0 Å². The van der Waals surface area contributed by atoms with Crippen LogP contribution in [-0.2, 0) is 27.9 Å². The van der Waals surface area contributed by atoms with E-state index < -0.39 is 26.6 Å². The van der Waals surface area contributed by atoms with Crippen LogP contribution in [0.25, 0.3) is 0 Å². The first-order valence-electron chi connectivity index (χ1n) is 27.5. The van der Waals surface area contributed by atoms with Gasteiger partial charge in [0, 0.05) is 12.8 Å². The monoisotopic (exact) mass is 949 g/mol. The summed E-state index contributed by atoms with van der Waals surface area (Å²) in [5.41, 5.74) is 0. The van der Waals surface area contributed by atoms with E-state index in [1.807, 2.05) is 33.3 Å². The van der Waals surface area contributed by atoms with E-state index in [0.29, 0.717) is 17.4 Å². The lowest BCUT2D eigenvalue weighted by Crippen LogP contribution is -2.47. The largest absolute Gasteiger partial charge is 0.756 e. The number of hydrogen-bond acceptors (Lipinski definition) is 7. The minimum atomic E-state index is -4.69. The number of nitrogens with one attached hydrogen (secondary N) is 1. The number of quaternary nitrogens is 1. The fourth-order valence-electron chi connectivity index (χ4n) is 7.82. The van der Waals surface area contributed by atoms with Crippen molar-refractivity contribution in [3.05, 3.63) is 48.6 Å². The van der Waals surface area contributed by atoms with E-state index in [0.717, 1.165) is 77.0 Å². The maximum atomic E-state index is 13.4. The van der Waals surface area contributed by atoms with Gasteiger partial charge in [-0.15, -0.1) is 0 Å². The SMILES string of the molecule is CC/C=C/C=C/C=C/CCCCCCCCCC(=O)OC(/C=C/CCCCCCCCCCC)C(COP(=O)([O-])OCC[N+](C)(C)C)NC(=O)CCCCCCCCCCCCCCCC. The summed E-state index contributed by atoms with van der Waals surface area (Å²) >= 11 is 0. The number of nitrogens with zero attached hydrogens (tertiary/aromatic N) is 1. The van der Waals surface area contributed by atoms with Gasteiger partial charge in [-0.1, -0.05) is 230 Å². The molecule has 0 saturated carbocycles. The molecule has 0 aliphatic rings. The number of phosphoric acid groups is 1. The molecule has 0 aromatic carbocycles. The molecule has 66 heavy (non-hydrogen) atoms. The molecule has 0 fully saturated rings. The van der Waals surface area contributed by atoms with E-state index in [2.05, 4.69) is 62.5 Å². The number of carbonyl (C=O) groups excluding carboxylic acids is 2. The highest BCUT2D eigenvalue weighted by atomic mass is 31.2. The Morgan fingerprint density at radius 1 is 0.545 bits per heavy atom. The first-order valence-corrected chi connectivity index (χ1v) is 28.9. The minimum absolute atomic E-state index is 0.0237. The van der Waals surface area contributed by atoms with Gasteiger partial charge in [0.25, 0.3) is 7.82 Å². The van der Waals surface area contributed by atoms with Crippen molar-refractivity contribution in [1.82, 2.24) is 5.32 Å². The molecule has 1 N–H and O–H groups in total. The molecule has 0 aromatic rings. The highest BCUT2D eigenvalue weighted by molar-refractivity contribution is 7.45. The lowest BCUT2D eigenvalue weighted by Gasteiger charge is -2.30. The predicted molar refractivity (Wildman–Crippen MR) is 279 cm³/mol. The van der Waals surface area contributed by atoms with Crippen LogP contribution in [0.4, 0.5) is 0 Å². The van der Waals surface area contributed by atoms with Crippen molar-refractivity contribution < 1.29 is 37.3 Å². The molecule has 3 unspecified atom stereocenters. The number of likely N-dealkylation sites (N-methyl/N-ethyl adjacent to an activating group) is 1. The number of rotatable bonds is 49. The number of esters is 1. The quantitative estimate of drug-likeness (QED) is 0.0161. The number of carbonyl (C=O) groups is 2.